The Balaban J connectivity index is 4.65. The van der Waals surface area contributed by atoms with Crippen molar-refractivity contribution in [3.8, 4) is 0 Å². The SMILES string of the molecule is CC(C)(C)CC(C)(C)C(N=O)C(O)O. The van der Waals surface area contributed by atoms with Crippen LogP contribution in [0.15, 0.2) is 5.18 Å². The minimum absolute atomic E-state index is 0.0291. The summed E-state index contributed by atoms with van der Waals surface area (Å²) in [5.74, 6) is 0. The predicted octanol–water partition coefficient (Wildman–Crippen LogP) is 1.89. The molecule has 0 aromatic rings. The second kappa shape index (κ2) is 4.36. The predicted molar refractivity (Wildman–Crippen MR) is 55.7 cm³/mol. The van der Waals surface area contributed by atoms with E-state index in [0.29, 0.717) is 6.42 Å². The van der Waals surface area contributed by atoms with Gasteiger partial charge in [0.2, 0.25) is 0 Å². The number of nitrogens with zero attached hydrogens (tertiary/aromatic N) is 1. The molecule has 0 radical (unpaired) electrons. The molecule has 0 aromatic carbocycles. The van der Waals surface area contributed by atoms with Crippen molar-refractivity contribution in [1.29, 1.82) is 0 Å². The molecule has 0 heterocycles. The summed E-state index contributed by atoms with van der Waals surface area (Å²) in [5, 5.41) is 20.8. The van der Waals surface area contributed by atoms with Gasteiger partial charge in [-0.05, 0) is 17.3 Å². The summed E-state index contributed by atoms with van der Waals surface area (Å²) in [5.41, 5.74) is -0.477. The Bertz CT molecular complexity index is 194. The zero-order valence-corrected chi connectivity index (χ0v) is 9.61. The van der Waals surface area contributed by atoms with Crippen molar-refractivity contribution in [2.45, 2.75) is 53.4 Å². The molecule has 0 saturated heterocycles. The molecule has 0 spiro atoms. The number of aliphatic hydroxyl groups excluding tert-OH is 1. The number of hydrogen-bond donors (Lipinski definition) is 2. The van der Waals surface area contributed by atoms with E-state index in [1.54, 1.807) is 0 Å². The van der Waals surface area contributed by atoms with Crippen molar-refractivity contribution < 1.29 is 10.2 Å². The van der Waals surface area contributed by atoms with Gasteiger partial charge in [-0.1, -0.05) is 39.8 Å². The van der Waals surface area contributed by atoms with E-state index in [9.17, 15) is 4.91 Å². The molecule has 0 bridgehead atoms. The minimum atomic E-state index is -1.68. The second-order valence-corrected chi connectivity index (χ2v) is 5.69. The summed E-state index contributed by atoms with van der Waals surface area (Å²) in [6, 6.07) is -0.971. The van der Waals surface area contributed by atoms with Gasteiger partial charge < -0.3 is 10.2 Å². The number of hydrogen-bond acceptors (Lipinski definition) is 4. The lowest BCUT2D eigenvalue weighted by Gasteiger charge is -2.36. The third-order valence-electron chi connectivity index (χ3n) is 2.18. The summed E-state index contributed by atoms with van der Waals surface area (Å²) in [6.07, 6.45) is -0.974. The van der Waals surface area contributed by atoms with E-state index in [4.69, 9.17) is 10.2 Å². The summed E-state index contributed by atoms with van der Waals surface area (Å²) >= 11 is 0. The highest BCUT2D eigenvalue weighted by atomic mass is 16.5. The second-order valence-electron chi connectivity index (χ2n) is 5.69. The Hall–Kier alpha value is -0.480. The van der Waals surface area contributed by atoms with Crippen molar-refractivity contribution >= 4 is 0 Å². The van der Waals surface area contributed by atoms with Crippen LogP contribution in [0.5, 0.6) is 0 Å². The van der Waals surface area contributed by atoms with E-state index in [1.807, 2.05) is 34.6 Å². The highest BCUT2D eigenvalue weighted by molar-refractivity contribution is 4.88. The lowest BCUT2D eigenvalue weighted by atomic mass is 9.72. The molecular weight excluding hydrogens is 182 g/mol. The first-order chi connectivity index (χ1) is 6.10. The van der Waals surface area contributed by atoms with E-state index >= 15 is 0 Å². The molecule has 14 heavy (non-hydrogen) atoms. The van der Waals surface area contributed by atoms with E-state index in [1.165, 1.54) is 0 Å². The first kappa shape index (κ1) is 13.5. The lowest BCUT2D eigenvalue weighted by Crippen LogP contribution is -2.40. The largest absolute Gasteiger partial charge is 0.366 e. The third kappa shape index (κ3) is 4.15. The molecule has 0 saturated carbocycles. The number of rotatable bonds is 4. The Labute approximate surface area is 85.3 Å². The standard InChI is InChI=1S/C10H21NO3/c1-9(2,3)6-10(4,5)7(11-14)8(12)13/h7-8,12-13H,6H2,1-5H3. The van der Waals surface area contributed by atoms with E-state index in [2.05, 4.69) is 5.18 Å². The molecule has 0 rings (SSSR count). The van der Waals surface area contributed by atoms with Gasteiger partial charge >= 0.3 is 0 Å². The van der Waals surface area contributed by atoms with Crippen LogP contribution in [0.25, 0.3) is 0 Å². The van der Waals surface area contributed by atoms with Gasteiger partial charge in [-0.3, -0.25) is 0 Å². The molecule has 4 heteroatoms. The Morgan fingerprint density at radius 3 is 1.79 bits per heavy atom. The molecular formula is C10H21NO3. The van der Waals surface area contributed by atoms with Crippen LogP contribution in [0, 0.1) is 15.7 Å². The van der Waals surface area contributed by atoms with Gasteiger partial charge in [0.05, 0.1) is 0 Å². The highest BCUT2D eigenvalue weighted by Gasteiger charge is 2.38. The molecule has 2 N–H and O–H groups in total. The quantitative estimate of drug-likeness (QED) is 0.541. The molecule has 84 valence electrons. The third-order valence-corrected chi connectivity index (χ3v) is 2.18. The summed E-state index contributed by atoms with van der Waals surface area (Å²) in [6.45, 7) is 9.77. The summed E-state index contributed by atoms with van der Waals surface area (Å²) in [4.78, 5) is 10.5. The Morgan fingerprint density at radius 2 is 1.57 bits per heavy atom. The maximum Gasteiger partial charge on any atom is 0.178 e. The topological polar surface area (TPSA) is 69.9 Å². The zero-order chi connectivity index (χ0) is 11.6. The molecule has 1 atom stereocenters. The van der Waals surface area contributed by atoms with E-state index in [0.717, 1.165) is 0 Å². The highest BCUT2D eigenvalue weighted by Crippen LogP contribution is 2.37. The van der Waals surface area contributed by atoms with Crippen LogP contribution in [0.3, 0.4) is 0 Å². The average Bonchev–Trinajstić information content (AvgIpc) is 1.79. The van der Waals surface area contributed by atoms with Crippen molar-refractivity contribution in [1.82, 2.24) is 0 Å². The molecule has 0 aromatic heterocycles. The van der Waals surface area contributed by atoms with E-state index < -0.39 is 17.7 Å². The van der Waals surface area contributed by atoms with Gasteiger partial charge in [0.15, 0.2) is 6.29 Å². The van der Waals surface area contributed by atoms with Crippen molar-refractivity contribution in [3.05, 3.63) is 4.91 Å². The van der Waals surface area contributed by atoms with Crippen LogP contribution in [-0.4, -0.2) is 22.5 Å². The van der Waals surface area contributed by atoms with Gasteiger partial charge in [-0.2, -0.15) is 4.91 Å². The lowest BCUT2D eigenvalue weighted by molar-refractivity contribution is -0.0890. The van der Waals surface area contributed by atoms with Crippen LogP contribution in [0.4, 0.5) is 0 Å². The fourth-order valence-corrected chi connectivity index (χ4v) is 2.07. The average molecular weight is 203 g/mol. The van der Waals surface area contributed by atoms with Gasteiger partial charge in [0.1, 0.15) is 6.04 Å². The first-order valence-electron chi connectivity index (χ1n) is 4.79. The molecule has 0 aliphatic carbocycles. The maximum atomic E-state index is 10.5. The fourth-order valence-electron chi connectivity index (χ4n) is 2.07. The minimum Gasteiger partial charge on any atom is -0.366 e. The van der Waals surface area contributed by atoms with Gasteiger partial charge in [0, 0.05) is 0 Å². The molecule has 0 aliphatic heterocycles. The molecule has 1 unspecified atom stereocenters. The van der Waals surface area contributed by atoms with Gasteiger partial charge in [0.25, 0.3) is 0 Å². The zero-order valence-electron chi connectivity index (χ0n) is 9.61. The number of nitroso groups, excluding NO2 is 1. The molecule has 0 fully saturated rings. The van der Waals surface area contributed by atoms with Crippen LogP contribution in [-0.2, 0) is 0 Å². The van der Waals surface area contributed by atoms with Crippen LogP contribution < -0.4 is 0 Å². The van der Waals surface area contributed by atoms with Crippen molar-refractivity contribution in [3.63, 3.8) is 0 Å². The smallest absolute Gasteiger partial charge is 0.178 e. The summed E-state index contributed by atoms with van der Waals surface area (Å²) < 4.78 is 0. The fraction of sp³-hybridized carbons (Fsp3) is 1.00. The Kier molecular flexibility index (Phi) is 4.21. The molecule has 0 aliphatic rings. The van der Waals surface area contributed by atoms with Crippen LogP contribution in [0.2, 0.25) is 0 Å². The first-order valence-corrected chi connectivity index (χ1v) is 4.79. The van der Waals surface area contributed by atoms with Crippen molar-refractivity contribution in [2.75, 3.05) is 0 Å². The van der Waals surface area contributed by atoms with Crippen LogP contribution >= 0.6 is 0 Å². The normalized spacial score (nSPS) is 15.7. The monoisotopic (exact) mass is 203 g/mol. The van der Waals surface area contributed by atoms with Crippen molar-refractivity contribution in [2.24, 2.45) is 16.0 Å². The number of aliphatic hydroxyl groups is 2. The maximum absolute atomic E-state index is 10.5. The molecule has 4 nitrogen and oxygen atoms in total. The summed E-state index contributed by atoms with van der Waals surface area (Å²) in [7, 11) is 0. The van der Waals surface area contributed by atoms with Crippen LogP contribution in [0.1, 0.15) is 41.0 Å². The Morgan fingerprint density at radius 1 is 1.14 bits per heavy atom. The molecule has 0 amide bonds. The van der Waals surface area contributed by atoms with E-state index in [-0.39, 0.29) is 5.41 Å². The van der Waals surface area contributed by atoms with Gasteiger partial charge in [-0.15, -0.1) is 0 Å². The van der Waals surface area contributed by atoms with Gasteiger partial charge in [-0.25, -0.2) is 0 Å².